The highest BCUT2D eigenvalue weighted by molar-refractivity contribution is 8.01. The Kier molecular flexibility index (Phi) is 7.27. The number of thioether (sulfide) groups is 1. The van der Waals surface area contributed by atoms with E-state index in [1.165, 1.54) is 34.2 Å². The first kappa shape index (κ1) is 20.2. The van der Waals surface area contributed by atoms with E-state index in [1.54, 1.807) is 0 Å². The molecule has 3 rings (SSSR count). The van der Waals surface area contributed by atoms with E-state index in [2.05, 4.69) is 40.7 Å². The number of para-hydroxylation sites is 1. The first-order chi connectivity index (χ1) is 13.6. The van der Waals surface area contributed by atoms with E-state index in [4.69, 9.17) is 4.74 Å². The summed E-state index contributed by atoms with van der Waals surface area (Å²) in [5.41, 5.74) is 3.42. The molecule has 6 nitrogen and oxygen atoms in total. The van der Waals surface area contributed by atoms with Crippen molar-refractivity contribution in [3.63, 3.8) is 0 Å². The number of anilines is 2. The highest BCUT2D eigenvalue weighted by Gasteiger charge is 2.09. The van der Waals surface area contributed by atoms with E-state index >= 15 is 0 Å². The summed E-state index contributed by atoms with van der Waals surface area (Å²) in [5, 5.41) is 15.1. The van der Waals surface area contributed by atoms with Gasteiger partial charge in [-0.1, -0.05) is 53.4 Å². The molecule has 0 atom stereocenters. The predicted molar refractivity (Wildman–Crippen MR) is 115 cm³/mol. The summed E-state index contributed by atoms with van der Waals surface area (Å²) in [7, 11) is 0. The predicted octanol–water partition coefficient (Wildman–Crippen LogP) is 4.19. The molecule has 0 radical (unpaired) electrons. The topological polar surface area (TPSA) is 76.1 Å². The van der Waals surface area contributed by atoms with E-state index < -0.39 is 0 Å². The summed E-state index contributed by atoms with van der Waals surface area (Å²) in [4.78, 5) is 12.0. The fourth-order valence-electron chi connectivity index (χ4n) is 2.37. The lowest BCUT2D eigenvalue weighted by molar-refractivity contribution is -0.118. The van der Waals surface area contributed by atoms with Gasteiger partial charge in [0.2, 0.25) is 11.0 Å². The number of carbonyl (C=O) groups is 1. The van der Waals surface area contributed by atoms with Gasteiger partial charge in [-0.05, 0) is 43.2 Å². The Morgan fingerprint density at radius 3 is 2.75 bits per heavy atom. The monoisotopic (exact) mass is 414 g/mol. The van der Waals surface area contributed by atoms with Crippen molar-refractivity contribution in [3.8, 4) is 5.75 Å². The molecule has 0 aliphatic rings. The third kappa shape index (κ3) is 5.97. The number of ether oxygens (including phenoxy) is 1. The molecule has 0 bridgehead atoms. The summed E-state index contributed by atoms with van der Waals surface area (Å²) in [6.45, 7) is 5.04. The maximum Gasteiger partial charge on any atom is 0.230 e. The van der Waals surface area contributed by atoms with Crippen LogP contribution in [0.15, 0.2) is 52.9 Å². The quantitative estimate of drug-likeness (QED) is 0.404. The van der Waals surface area contributed by atoms with Crippen molar-refractivity contribution in [2.45, 2.75) is 18.2 Å². The number of nitrogens with zero attached hydrogens (tertiary/aromatic N) is 2. The summed E-state index contributed by atoms with van der Waals surface area (Å²) >= 11 is 2.81. The zero-order valence-corrected chi connectivity index (χ0v) is 17.4. The summed E-state index contributed by atoms with van der Waals surface area (Å²) < 4.78 is 6.30. The maximum atomic E-state index is 12.0. The van der Waals surface area contributed by atoms with Gasteiger partial charge in [0.25, 0.3) is 0 Å². The van der Waals surface area contributed by atoms with Gasteiger partial charge in [-0.15, -0.1) is 10.2 Å². The number of carbonyl (C=O) groups excluding carboxylic acids is 1. The van der Waals surface area contributed by atoms with E-state index in [0.29, 0.717) is 24.0 Å². The highest BCUT2D eigenvalue weighted by Crippen LogP contribution is 2.29. The zero-order chi connectivity index (χ0) is 19.8. The molecule has 146 valence electrons. The second-order valence-corrected chi connectivity index (χ2v) is 8.25. The van der Waals surface area contributed by atoms with Crippen molar-refractivity contribution >= 4 is 39.8 Å². The van der Waals surface area contributed by atoms with Gasteiger partial charge in [-0.25, -0.2) is 0 Å². The molecule has 28 heavy (non-hydrogen) atoms. The molecule has 0 saturated heterocycles. The second kappa shape index (κ2) is 10.1. The van der Waals surface area contributed by atoms with E-state index in [1.807, 2.05) is 42.5 Å². The smallest absolute Gasteiger partial charge is 0.230 e. The Balaban J connectivity index is 1.39. The number of aryl methyl sites for hydroxylation is 1. The molecule has 0 unspecified atom stereocenters. The Morgan fingerprint density at radius 2 is 1.93 bits per heavy atom. The van der Waals surface area contributed by atoms with Crippen LogP contribution in [-0.4, -0.2) is 35.0 Å². The van der Waals surface area contributed by atoms with Gasteiger partial charge in [0.15, 0.2) is 4.34 Å². The Hall–Kier alpha value is -2.58. The number of hydrogen-bond donors (Lipinski definition) is 2. The molecule has 0 saturated carbocycles. The van der Waals surface area contributed by atoms with Crippen LogP contribution in [0, 0.1) is 13.8 Å². The number of nitrogens with one attached hydrogen (secondary N) is 2. The molecule has 8 heteroatoms. The highest BCUT2D eigenvalue weighted by atomic mass is 32.2. The molecule has 2 aromatic carbocycles. The van der Waals surface area contributed by atoms with Crippen molar-refractivity contribution < 1.29 is 9.53 Å². The number of benzene rings is 2. The van der Waals surface area contributed by atoms with Crippen LogP contribution >= 0.6 is 23.1 Å². The van der Waals surface area contributed by atoms with Crippen molar-refractivity contribution in [2.75, 3.05) is 24.2 Å². The van der Waals surface area contributed by atoms with Crippen LogP contribution in [0.3, 0.4) is 0 Å². The maximum absolute atomic E-state index is 12.0. The number of rotatable bonds is 9. The van der Waals surface area contributed by atoms with Crippen molar-refractivity contribution in [3.05, 3.63) is 59.7 Å². The SMILES string of the molecule is Cc1cccc(Nc2nnc(SCC(=O)NCCOc3ccccc3)s2)c1C. The van der Waals surface area contributed by atoms with Crippen LogP contribution in [0.5, 0.6) is 5.75 Å². The first-order valence-corrected chi connectivity index (χ1v) is 10.7. The fraction of sp³-hybridized carbons (Fsp3) is 0.250. The largest absolute Gasteiger partial charge is 0.492 e. The fourth-order valence-corrected chi connectivity index (χ4v) is 3.97. The zero-order valence-electron chi connectivity index (χ0n) is 15.8. The standard InChI is InChI=1S/C20H22N4O2S2/c1-14-7-6-10-17(15(14)2)22-19-23-24-20(28-19)27-13-18(25)21-11-12-26-16-8-4-3-5-9-16/h3-10H,11-13H2,1-2H3,(H,21,25)(H,22,23). The molecule has 0 aliphatic heterocycles. The van der Waals surface area contributed by atoms with Gasteiger partial charge in [-0.3, -0.25) is 4.79 Å². The Morgan fingerprint density at radius 1 is 1.11 bits per heavy atom. The minimum atomic E-state index is -0.0547. The molecule has 0 spiro atoms. The van der Waals surface area contributed by atoms with Crippen LogP contribution < -0.4 is 15.4 Å². The number of amides is 1. The average molecular weight is 415 g/mol. The van der Waals surface area contributed by atoms with Gasteiger partial charge in [0.05, 0.1) is 12.3 Å². The van der Waals surface area contributed by atoms with Crippen LogP contribution in [-0.2, 0) is 4.79 Å². The van der Waals surface area contributed by atoms with Gasteiger partial charge in [0, 0.05) is 5.69 Å². The van der Waals surface area contributed by atoms with E-state index in [9.17, 15) is 4.79 Å². The summed E-state index contributed by atoms with van der Waals surface area (Å²) in [5.74, 6) is 1.04. The van der Waals surface area contributed by atoms with Crippen molar-refractivity contribution in [1.82, 2.24) is 15.5 Å². The van der Waals surface area contributed by atoms with E-state index in [0.717, 1.165) is 15.8 Å². The number of aromatic nitrogens is 2. The first-order valence-electron chi connectivity index (χ1n) is 8.86. The molecule has 1 aromatic heterocycles. The molecular weight excluding hydrogens is 392 g/mol. The second-order valence-electron chi connectivity index (χ2n) is 6.05. The molecule has 1 heterocycles. The summed E-state index contributed by atoms with van der Waals surface area (Å²) in [6.07, 6.45) is 0. The lowest BCUT2D eigenvalue weighted by Crippen LogP contribution is -2.29. The molecule has 0 aliphatic carbocycles. The molecule has 2 N–H and O–H groups in total. The lowest BCUT2D eigenvalue weighted by atomic mass is 10.1. The molecular formula is C20H22N4O2S2. The van der Waals surface area contributed by atoms with Crippen molar-refractivity contribution in [2.24, 2.45) is 0 Å². The van der Waals surface area contributed by atoms with Crippen LogP contribution in [0.1, 0.15) is 11.1 Å². The Labute approximate surface area is 172 Å². The van der Waals surface area contributed by atoms with Gasteiger partial charge < -0.3 is 15.4 Å². The van der Waals surface area contributed by atoms with Crippen molar-refractivity contribution in [1.29, 1.82) is 0 Å². The lowest BCUT2D eigenvalue weighted by Gasteiger charge is -2.08. The normalized spacial score (nSPS) is 10.5. The van der Waals surface area contributed by atoms with Crippen LogP contribution in [0.25, 0.3) is 0 Å². The Bertz CT molecular complexity index is 916. The molecule has 3 aromatic rings. The van der Waals surface area contributed by atoms with Gasteiger partial charge in [-0.2, -0.15) is 0 Å². The third-order valence-electron chi connectivity index (χ3n) is 4.02. The van der Waals surface area contributed by atoms with E-state index in [-0.39, 0.29) is 5.91 Å². The molecule has 0 fully saturated rings. The van der Waals surface area contributed by atoms with Crippen LogP contribution in [0.2, 0.25) is 0 Å². The minimum absolute atomic E-state index is 0.0547. The van der Waals surface area contributed by atoms with Gasteiger partial charge in [0.1, 0.15) is 12.4 Å². The average Bonchev–Trinajstić information content (AvgIpc) is 3.15. The third-order valence-corrected chi connectivity index (χ3v) is 5.99. The molecule has 1 amide bonds. The minimum Gasteiger partial charge on any atom is -0.492 e. The number of hydrogen-bond acceptors (Lipinski definition) is 7. The van der Waals surface area contributed by atoms with Gasteiger partial charge >= 0.3 is 0 Å². The van der Waals surface area contributed by atoms with Crippen LogP contribution in [0.4, 0.5) is 10.8 Å². The summed E-state index contributed by atoms with van der Waals surface area (Å²) in [6, 6.07) is 15.6.